The third-order valence-corrected chi connectivity index (χ3v) is 5.70. The summed E-state index contributed by atoms with van der Waals surface area (Å²) >= 11 is 0. The number of nitrogens with one attached hydrogen (secondary N) is 2. The molecule has 2 N–H and O–H groups in total. The largest absolute Gasteiger partial charge is 0.351 e. The zero-order valence-electron chi connectivity index (χ0n) is 19.6. The molecule has 2 aromatic carbocycles. The number of halogens is 1. The van der Waals surface area contributed by atoms with Crippen LogP contribution in [0.1, 0.15) is 54.9 Å². The second-order valence-electron chi connectivity index (χ2n) is 9.30. The minimum Gasteiger partial charge on any atom is -0.351 e. The molecule has 0 spiro atoms. The Hall–Kier alpha value is -2.99. The Bertz CT molecular complexity index is 1040. The zero-order chi connectivity index (χ0) is 23.3. The van der Waals surface area contributed by atoms with Crippen LogP contribution >= 0.6 is 0 Å². The minimum atomic E-state index is -0.266. The van der Waals surface area contributed by atoms with Gasteiger partial charge < -0.3 is 10.6 Å². The first-order chi connectivity index (χ1) is 15.1. The van der Waals surface area contributed by atoms with Crippen LogP contribution in [0.2, 0.25) is 0 Å². The van der Waals surface area contributed by atoms with Gasteiger partial charge in [0.25, 0.3) is 0 Å². The summed E-state index contributed by atoms with van der Waals surface area (Å²) in [6, 6.07) is 16.6. The quantitative estimate of drug-likeness (QED) is 0.539. The molecule has 32 heavy (non-hydrogen) atoms. The van der Waals surface area contributed by atoms with E-state index in [0.29, 0.717) is 13.1 Å². The standard InChI is InChI=1S/C26H33FN4O/c1-18-23(19(2)31(30-18)17-20-9-7-6-8-10-20)15-28-24(32)16-29-25(26(3,4)5)21-11-13-22(27)14-12-21/h6-14,25,29H,15-17H2,1-5H3,(H,28,32). The molecule has 1 heterocycles. The molecule has 0 bridgehead atoms. The van der Waals surface area contributed by atoms with Gasteiger partial charge >= 0.3 is 0 Å². The SMILES string of the molecule is Cc1nn(Cc2ccccc2)c(C)c1CNC(=O)CNC(c1ccc(F)cc1)C(C)(C)C. The van der Waals surface area contributed by atoms with Crippen molar-refractivity contribution in [1.82, 2.24) is 20.4 Å². The van der Waals surface area contributed by atoms with Crippen LogP contribution in [0.5, 0.6) is 0 Å². The van der Waals surface area contributed by atoms with Gasteiger partial charge in [0.1, 0.15) is 5.82 Å². The van der Waals surface area contributed by atoms with Gasteiger partial charge in [0, 0.05) is 23.8 Å². The smallest absolute Gasteiger partial charge is 0.234 e. The van der Waals surface area contributed by atoms with Crippen molar-refractivity contribution < 1.29 is 9.18 Å². The number of rotatable bonds is 8. The van der Waals surface area contributed by atoms with Crippen LogP contribution in [0, 0.1) is 25.1 Å². The van der Waals surface area contributed by atoms with Crippen LogP contribution in [-0.2, 0) is 17.9 Å². The van der Waals surface area contributed by atoms with E-state index in [1.54, 1.807) is 12.1 Å². The number of carbonyl (C=O) groups is 1. The Kier molecular flexibility index (Phi) is 7.46. The van der Waals surface area contributed by atoms with Gasteiger partial charge in [-0.25, -0.2) is 4.39 Å². The lowest BCUT2D eigenvalue weighted by Gasteiger charge is -2.32. The predicted octanol–water partition coefficient (Wildman–Crippen LogP) is 4.68. The van der Waals surface area contributed by atoms with Crippen LogP contribution in [-0.4, -0.2) is 22.2 Å². The molecular weight excluding hydrogens is 403 g/mol. The highest BCUT2D eigenvalue weighted by molar-refractivity contribution is 5.78. The van der Waals surface area contributed by atoms with Crippen molar-refractivity contribution in [2.24, 2.45) is 5.41 Å². The van der Waals surface area contributed by atoms with Crippen molar-refractivity contribution in [1.29, 1.82) is 0 Å². The summed E-state index contributed by atoms with van der Waals surface area (Å²) in [4.78, 5) is 12.6. The monoisotopic (exact) mass is 436 g/mol. The summed E-state index contributed by atoms with van der Waals surface area (Å²) in [5.41, 5.74) is 5.03. The Morgan fingerprint density at radius 1 is 1.06 bits per heavy atom. The third kappa shape index (κ3) is 6.04. The number of hydrogen-bond acceptors (Lipinski definition) is 3. The molecular formula is C26H33FN4O. The maximum atomic E-state index is 13.3. The maximum absolute atomic E-state index is 13.3. The Balaban J connectivity index is 1.60. The fourth-order valence-electron chi connectivity index (χ4n) is 3.92. The molecule has 3 aromatic rings. The van der Waals surface area contributed by atoms with E-state index in [1.807, 2.05) is 36.7 Å². The van der Waals surface area contributed by atoms with Crippen molar-refractivity contribution in [2.75, 3.05) is 6.54 Å². The molecule has 0 radical (unpaired) electrons. The molecule has 0 aliphatic carbocycles. The first kappa shape index (κ1) is 23.7. The number of nitrogens with zero attached hydrogens (tertiary/aromatic N) is 2. The second kappa shape index (κ2) is 10.1. The fourth-order valence-corrected chi connectivity index (χ4v) is 3.92. The number of aromatic nitrogens is 2. The zero-order valence-corrected chi connectivity index (χ0v) is 19.6. The molecule has 0 aliphatic heterocycles. The fraction of sp³-hybridized carbons (Fsp3) is 0.385. The molecule has 1 amide bonds. The van der Waals surface area contributed by atoms with Crippen molar-refractivity contribution in [3.05, 3.63) is 88.5 Å². The molecule has 0 aliphatic rings. The lowest BCUT2D eigenvalue weighted by atomic mass is 9.82. The second-order valence-corrected chi connectivity index (χ2v) is 9.30. The van der Waals surface area contributed by atoms with Crippen LogP contribution in [0.4, 0.5) is 4.39 Å². The summed E-state index contributed by atoms with van der Waals surface area (Å²) in [5.74, 6) is -0.353. The summed E-state index contributed by atoms with van der Waals surface area (Å²) in [7, 11) is 0. The summed E-state index contributed by atoms with van der Waals surface area (Å²) in [6.07, 6.45) is 0. The van der Waals surface area contributed by atoms with E-state index in [1.165, 1.54) is 17.7 Å². The van der Waals surface area contributed by atoms with Crippen LogP contribution in [0.3, 0.4) is 0 Å². The molecule has 0 fully saturated rings. The summed E-state index contributed by atoms with van der Waals surface area (Å²) < 4.78 is 15.3. The van der Waals surface area contributed by atoms with Crippen molar-refractivity contribution in [3.63, 3.8) is 0 Å². The Morgan fingerprint density at radius 3 is 2.34 bits per heavy atom. The highest BCUT2D eigenvalue weighted by atomic mass is 19.1. The first-order valence-corrected chi connectivity index (χ1v) is 11.0. The van der Waals surface area contributed by atoms with Gasteiger partial charge in [0.15, 0.2) is 0 Å². The Labute approximate surface area is 190 Å². The van der Waals surface area contributed by atoms with Gasteiger partial charge in [-0.1, -0.05) is 63.2 Å². The molecule has 0 saturated heterocycles. The summed E-state index contributed by atoms with van der Waals surface area (Å²) in [6.45, 7) is 11.6. The normalized spacial score (nSPS) is 12.6. The van der Waals surface area contributed by atoms with Gasteiger partial charge in [-0.15, -0.1) is 0 Å². The average Bonchev–Trinajstić information content (AvgIpc) is 3.00. The molecule has 170 valence electrons. The topological polar surface area (TPSA) is 59.0 Å². The van der Waals surface area contributed by atoms with E-state index < -0.39 is 0 Å². The van der Waals surface area contributed by atoms with Crippen LogP contribution < -0.4 is 10.6 Å². The van der Waals surface area contributed by atoms with Crippen molar-refractivity contribution >= 4 is 5.91 Å². The van der Waals surface area contributed by atoms with E-state index in [0.717, 1.165) is 22.5 Å². The molecule has 1 unspecified atom stereocenters. The van der Waals surface area contributed by atoms with E-state index in [9.17, 15) is 9.18 Å². The van der Waals surface area contributed by atoms with E-state index in [-0.39, 0.29) is 29.7 Å². The number of benzene rings is 2. The number of carbonyl (C=O) groups excluding carboxylic acids is 1. The highest BCUT2D eigenvalue weighted by Gasteiger charge is 2.26. The predicted molar refractivity (Wildman–Crippen MR) is 126 cm³/mol. The average molecular weight is 437 g/mol. The maximum Gasteiger partial charge on any atom is 0.234 e. The molecule has 1 aromatic heterocycles. The lowest BCUT2D eigenvalue weighted by molar-refractivity contribution is -0.120. The van der Waals surface area contributed by atoms with Crippen LogP contribution in [0.15, 0.2) is 54.6 Å². The van der Waals surface area contributed by atoms with Crippen LogP contribution in [0.25, 0.3) is 0 Å². The Morgan fingerprint density at radius 2 is 1.72 bits per heavy atom. The molecule has 0 saturated carbocycles. The van der Waals surface area contributed by atoms with Gasteiger partial charge in [-0.05, 0) is 42.5 Å². The molecule has 5 nitrogen and oxygen atoms in total. The minimum absolute atomic E-state index is 0.0778. The third-order valence-electron chi connectivity index (χ3n) is 5.70. The van der Waals surface area contributed by atoms with Gasteiger partial charge in [0.05, 0.1) is 18.8 Å². The van der Waals surface area contributed by atoms with E-state index in [2.05, 4.69) is 48.6 Å². The van der Waals surface area contributed by atoms with Gasteiger partial charge in [-0.3, -0.25) is 9.48 Å². The number of hydrogen-bond donors (Lipinski definition) is 2. The van der Waals surface area contributed by atoms with E-state index in [4.69, 9.17) is 0 Å². The molecule has 1 atom stereocenters. The molecule has 6 heteroatoms. The molecule has 3 rings (SSSR count). The van der Waals surface area contributed by atoms with Gasteiger partial charge in [-0.2, -0.15) is 5.10 Å². The summed E-state index contributed by atoms with van der Waals surface area (Å²) in [5, 5.41) is 11.0. The number of aryl methyl sites for hydroxylation is 1. The van der Waals surface area contributed by atoms with Crippen molar-refractivity contribution in [2.45, 2.75) is 53.8 Å². The van der Waals surface area contributed by atoms with E-state index >= 15 is 0 Å². The lowest BCUT2D eigenvalue weighted by Crippen LogP contribution is -2.39. The number of amides is 1. The first-order valence-electron chi connectivity index (χ1n) is 11.0. The highest BCUT2D eigenvalue weighted by Crippen LogP contribution is 2.32. The van der Waals surface area contributed by atoms with Crippen molar-refractivity contribution in [3.8, 4) is 0 Å². The van der Waals surface area contributed by atoms with Gasteiger partial charge in [0.2, 0.25) is 5.91 Å².